The maximum atomic E-state index is 10.4. The molecule has 1 rings (SSSR count). The van der Waals surface area contributed by atoms with Crippen LogP contribution in [0.15, 0.2) is 18.2 Å². The zero-order valence-electron chi connectivity index (χ0n) is 8.97. The van der Waals surface area contributed by atoms with E-state index in [2.05, 4.69) is 0 Å². The van der Waals surface area contributed by atoms with Crippen molar-refractivity contribution < 1.29 is 15.0 Å². The largest absolute Gasteiger partial charge is 0.495 e. The van der Waals surface area contributed by atoms with E-state index >= 15 is 0 Å². The zero-order valence-corrected chi connectivity index (χ0v) is 8.97. The Morgan fingerprint density at radius 3 is 2.27 bits per heavy atom. The highest BCUT2D eigenvalue weighted by molar-refractivity contribution is 6.60. The first-order valence-corrected chi connectivity index (χ1v) is 4.63. The van der Waals surface area contributed by atoms with E-state index in [1.807, 2.05) is 13.8 Å². The second kappa shape index (κ2) is 6.16. The van der Waals surface area contributed by atoms with E-state index in [9.17, 15) is 10.1 Å². The van der Waals surface area contributed by atoms with E-state index in [1.54, 1.807) is 13.0 Å². The molecule has 0 bridgehead atoms. The van der Waals surface area contributed by atoms with Crippen molar-refractivity contribution in [1.82, 2.24) is 0 Å². The summed E-state index contributed by atoms with van der Waals surface area (Å²) in [6.07, 6.45) is 0. The second-order valence-corrected chi connectivity index (χ2v) is 2.69. The number of benzene rings is 1. The molecule has 1 aromatic carbocycles. The molecule has 0 saturated heterocycles. The third kappa shape index (κ3) is 3.69. The van der Waals surface area contributed by atoms with Crippen molar-refractivity contribution in [3.8, 4) is 0 Å². The maximum absolute atomic E-state index is 10.4. The summed E-state index contributed by atoms with van der Waals surface area (Å²) >= 11 is 0. The van der Waals surface area contributed by atoms with Crippen molar-refractivity contribution in [3.63, 3.8) is 0 Å². The molecule has 5 nitrogen and oxygen atoms in total. The fraction of sp³-hybridized carbons (Fsp3) is 0.333. The van der Waals surface area contributed by atoms with Gasteiger partial charge in [0.15, 0.2) is 0 Å². The van der Waals surface area contributed by atoms with Crippen LogP contribution in [0, 0.1) is 17.0 Å². The van der Waals surface area contributed by atoms with Crippen molar-refractivity contribution in [2.24, 2.45) is 0 Å². The molecular weight excluding hydrogens is 197 g/mol. The third-order valence-electron chi connectivity index (χ3n) is 1.66. The Balaban J connectivity index is 0.000000921. The summed E-state index contributed by atoms with van der Waals surface area (Å²) in [6.45, 7) is 5.72. The lowest BCUT2D eigenvalue weighted by Gasteiger charge is -2.01. The monoisotopic (exact) mass is 211 g/mol. The Kier molecular flexibility index (Phi) is 5.58. The summed E-state index contributed by atoms with van der Waals surface area (Å²) in [5, 5.41) is 28.1. The van der Waals surface area contributed by atoms with Crippen molar-refractivity contribution in [1.29, 1.82) is 0 Å². The summed E-state index contributed by atoms with van der Waals surface area (Å²) in [5.41, 5.74) is 0.388. The lowest BCUT2D eigenvalue weighted by atomic mass is 9.78. The molecule has 6 heteroatoms. The minimum atomic E-state index is -1.81. The van der Waals surface area contributed by atoms with Crippen LogP contribution in [0.2, 0.25) is 0 Å². The van der Waals surface area contributed by atoms with Crippen LogP contribution in [0.25, 0.3) is 0 Å². The molecule has 0 heterocycles. The maximum Gasteiger partial charge on any atom is 0.495 e. The number of aryl methyl sites for hydroxylation is 1. The number of hydrogen-bond acceptors (Lipinski definition) is 4. The minimum absolute atomic E-state index is 0.0787. The number of nitro groups is 1. The van der Waals surface area contributed by atoms with Crippen LogP contribution in [0.1, 0.15) is 19.4 Å². The molecule has 0 aliphatic rings. The van der Waals surface area contributed by atoms with Crippen molar-refractivity contribution in [2.45, 2.75) is 20.8 Å². The predicted octanol–water partition coefficient (Wildman–Crippen LogP) is 0.609. The average molecular weight is 211 g/mol. The first-order chi connectivity index (χ1) is 7.02. The van der Waals surface area contributed by atoms with Gasteiger partial charge in [0, 0.05) is 6.07 Å². The van der Waals surface area contributed by atoms with Gasteiger partial charge in [0.25, 0.3) is 5.69 Å². The number of rotatable bonds is 2. The van der Waals surface area contributed by atoms with Gasteiger partial charge in [0.05, 0.1) is 10.4 Å². The first-order valence-electron chi connectivity index (χ1n) is 4.63. The summed E-state index contributed by atoms with van der Waals surface area (Å²) in [7, 11) is -1.81. The summed E-state index contributed by atoms with van der Waals surface area (Å²) in [6, 6.07) is 4.18. The van der Waals surface area contributed by atoms with E-state index in [0.717, 1.165) is 5.56 Å². The molecule has 0 aromatic heterocycles. The molecule has 0 radical (unpaired) electrons. The molecule has 1 aromatic rings. The van der Waals surface area contributed by atoms with Gasteiger partial charge in [-0.2, -0.15) is 0 Å². The lowest BCUT2D eigenvalue weighted by molar-refractivity contribution is -0.383. The molecule has 0 unspecified atom stereocenters. The molecule has 82 valence electrons. The molecule has 0 spiro atoms. The molecule has 2 N–H and O–H groups in total. The molecule has 0 amide bonds. The van der Waals surface area contributed by atoms with Gasteiger partial charge < -0.3 is 10.0 Å². The van der Waals surface area contributed by atoms with Gasteiger partial charge >= 0.3 is 7.12 Å². The fourth-order valence-electron chi connectivity index (χ4n) is 1.05. The topological polar surface area (TPSA) is 83.6 Å². The Labute approximate surface area is 88.7 Å². The van der Waals surface area contributed by atoms with Crippen molar-refractivity contribution in [3.05, 3.63) is 33.9 Å². The van der Waals surface area contributed by atoms with Gasteiger partial charge in [-0.1, -0.05) is 31.5 Å². The van der Waals surface area contributed by atoms with E-state index in [-0.39, 0.29) is 11.2 Å². The van der Waals surface area contributed by atoms with Crippen LogP contribution in [0.5, 0.6) is 0 Å². The van der Waals surface area contributed by atoms with Crippen LogP contribution in [-0.4, -0.2) is 22.1 Å². The fourth-order valence-corrected chi connectivity index (χ4v) is 1.05. The highest BCUT2D eigenvalue weighted by Gasteiger charge is 2.23. The van der Waals surface area contributed by atoms with E-state index in [0.29, 0.717) is 0 Å². The molecule has 0 aliphatic heterocycles. The summed E-state index contributed by atoms with van der Waals surface area (Å²) in [5.74, 6) is 0. The normalized spacial score (nSPS) is 8.87. The Hall–Kier alpha value is -1.40. The number of hydrogen-bond donors (Lipinski definition) is 2. The standard InChI is InChI=1S/C7H8BNO4.C2H6/c1-5-2-3-7(9(12)13)6(4-5)8(10)11;1-2/h2-4,10-11H,1H3;1-2H3. The molecule has 0 fully saturated rings. The van der Waals surface area contributed by atoms with Crippen LogP contribution in [0.4, 0.5) is 5.69 Å². The Morgan fingerprint density at radius 1 is 1.33 bits per heavy atom. The van der Waals surface area contributed by atoms with Crippen LogP contribution in [0.3, 0.4) is 0 Å². The van der Waals surface area contributed by atoms with Gasteiger partial charge in [-0.25, -0.2) is 0 Å². The molecular formula is C9H14BNO4. The minimum Gasteiger partial charge on any atom is -0.423 e. The Bertz CT molecular complexity index is 341. The van der Waals surface area contributed by atoms with Crippen LogP contribution >= 0.6 is 0 Å². The van der Waals surface area contributed by atoms with Crippen LogP contribution in [-0.2, 0) is 0 Å². The van der Waals surface area contributed by atoms with E-state index in [1.165, 1.54) is 12.1 Å². The van der Waals surface area contributed by atoms with Gasteiger partial charge in [-0.3, -0.25) is 10.1 Å². The van der Waals surface area contributed by atoms with Gasteiger partial charge in [0.1, 0.15) is 0 Å². The van der Waals surface area contributed by atoms with Gasteiger partial charge in [-0.05, 0) is 6.92 Å². The van der Waals surface area contributed by atoms with E-state index < -0.39 is 12.0 Å². The van der Waals surface area contributed by atoms with Crippen molar-refractivity contribution >= 4 is 18.3 Å². The molecule has 15 heavy (non-hydrogen) atoms. The summed E-state index contributed by atoms with van der Waals surface area (Å²) in [4.78, 5) is 9.78. The summed E-state index contributed by atoms with van der Waals surface area (Å²) < 4.78 is 0. The Morgan fingerprint density at radius 2 is 1.87 bits per heavy atom. The molecule has 0 atom stereocenters. The number of nitro benzene ring substituents is 1. The smallest absolute Gasteiger partial charge is 0.423 e. The third-order valence-corrected chi connectivity index (χ3v) is 1.66. The molecule has 0 aliphatic carbocycles. The SMILES string of the molecule is CC.Cc1ccc([N+](=O)[O-])c(B(O)O)c1. The highest BCUT2D eigenvalue weighted by Crippen LogP contribution is 2.09. The van der Waals surface area contributed by atoms with Gasteiger partial charge in [-0.15, -0.1) is 0 Å². The van der Waals surface area contributed by atoms with Crippen molar-refractivity contribution in [2.75, 3.05) is 0 Å². The quantitative estimate of drug-likeness (QED) is 0.426. The number of nitrogens with zero attached hydrogens (tertiary/aromatic N) is 1. The van der Waals surface area contributed by atoms with Crippen LogP contribution < -0.4 is 5.46 Å². The second-order valence-electron chi connectivity index (χ2n) is 2.69. The van der Waals surface area contributed by atoms with E-state index in [4.69, 9.17) is 10.0 Å². The molecule has 0 saturated carbocycles. The first kappa shape index (κ1) is 13.6. The zero-order chi connectivity index (χ0) is 12.0. The predicted molar refractivity (Wildman–Crippen MR) is 59.0 cm³/mol. The van der Waals surface area contributed by atoms with Gasteiger partial charge in [0.2, 0.25) is 0 Å². The lowest BCUT2D eigenvalue weighted by Crippen LogP contribution is -2.32. The average Bonchev–Trinajstić information content (AvgIpc) is 2.20. The highest BCUT2D eigenvalue weighted by atomic mass is 16.6.